The van der Waals surface area contributed by atoms with Crippen LogP contribution in [0.1, 0.15) is 26.6 Å². The minimum atomic E-state index is -1.16. The van der Waals surface area contributed by atoms with Gasteiger partial charge >= 0.3 is 0 Å². The molecule has 17 heavy (non-hydrogen) atoms. The second kappa shape index (κ2) is 5.26. The fourth-order valence-electron chi connectivity index (χ4n) is 1.07. The van der Waals surface area contributed by atoms with Crippen molar-refractivity contribution in [2.45, 2.75) is 31.7 Å². The van der Waals surface area contributed by atoms with E-state index in [4.69, 9.17) is 0 Å². The molecule has 0 saturated heterocycles. The minimum Gasteiger partial charge on any atom is -0.394 e. The predicted molar refractivity (Wildman–Crippen MR) is 66.2 cm³/mol. The van der Waals surface area contributed by atoms with Gasteiger partial charge in [0.15, 0.2) is 0 Å². The van der Waals surface area contributed by atoms with Gasteiger partial charge in [-0.2, -0.15) is 4.37 Å². The van der Waals surface area contributed by atoms with Gasteiger partial charge < -0.3 is 20.6 Å². The lowest BCUT2D eigenvalue weighted by Crippen LogP contribution is -2.49. The van der Waals surface area contributed by atoms with E-state index in [-0.39, 0.29) is 25.2 Å². The van der Waals surface area contributed by atoms with Crippen LogP contribution in [-0.4, -0.2) is 50.0 Å². The van der Waals surface area contributed by atoms with E-state index in [2.05, 4.69) is 14.7 Å². The summed E-state index contributed by atoms with van der Waals surface area (Å²) in [5.74, 6) is 0.688. The molecule has 0 bridgehead atoms. The van der Waals surface area contributed by atoms with E-state index in [9.17, 15) is 15.3 Å². The van der Waals surface area contributed by atoms with Crippen molar-refractivity contribution in [3.8, 4) is 0 Å². The molecule has 0 unspecified atom stereocenters. The number of aliphatic hydroxyl groups is 3. The smallest absolute Gasteiger partial charge is 0.203 e. The van der Waals surface area contributed by atoms with Crippen molar-refractivity contribution in [1.29, 1.82) is 0 Å². The molecule has 6 nitrogen and oxygen atoms in total. The second-order valence-electron chi connectivity index (χ2n) is 5.05. The number of rotatable bonds is 5. The molecule has 1 aromatic rings. The number of anilines is 1. The Morgan fingerprint density at radius 3 is 2.00 bits per heavy atom. The molecule has 0 aliphatic rings. The summed E-state index contributed by atoms with van der Waals surface area (Å²) in [7, 11) is 0. The lowest BCUT2D eigenvalue weighted by Gasteiger charge is -2.28. The molecule has 7 heteroatoms. The van der Waals surface area contributed by atoms with Crippen LogP contribution in [0.2, 0.25) is 0 Å². The largest absolute Gasteiger partial charge is 0.394 e. The molecule has 4 N–H and O–H groups in total. The van der Waals surface area contributed by atoms with E-state index in [0.717, 1.165) is 11.5 Å². The van der Waals surface area contributed by atoms with Crippen molar-refractivity contribution in [1.82, 2.24) is 9.36 Å². The molecule has 0 spiro atoms. The number of hydrogen-bond donors (Lipinski definition) is 4. The summed E-state index contributed by atoms with van der Waals surface area (Å²) in [5.41, 5.74) is -1.31. The molecule has 1 aromatic heterocycles. The number of hydrogen-bond acceptors (Lipinski definition) is 7. The third-order valence-electron chi connectivity index (χ3n) is 2.38. The summed E-state index contributed by atoms with van der Waals surface area (Å²) >= 11 is 1.14. The number of nitrogens with zero attached hydrogens (tertiary/aromatic N) is 2. The van der Waals surface area contributed by atoms with E-state index in [1.54, 1.807) is 0 Å². The van der Waals surface area contributed by atoms with Crippen molar-refractivity contribution in [3.63, 3.8) is 0 Å². The first-order valence-corrected chi connectivity index (χ1v) is 6.09. The molecule has 1 rings (SSSR count). The zero-order valence-corrected chi connectivity index (χ0v) is 11.1. The Kier molecular flexibility index (Phi) is 4.42. The van der Waals surface area contributed by atoms with E-state index < -0.39 is 5.54 Å². The van der Waals surface area contributed by atoms with Crippen molar-refractivity contribution in [2.75, 3.05) is 25.1 Å². The maximum Gasteiger partial charge on any atom is 0.203 e. The average molecular weight is 261 g/mol. The minimum absolute atomic E-state index is 0.156. The maximum atomic E-state index is 9.18. The standard InChI is InChI=1S/C10H19N3O3S/c1-9(2,3)7-11-8(17-13-7)12-10(4-14,5-15)6-16/h14-16H,4-6H2,1-3H3,(H,11,12,13). The maximum absolute atomic E-state index is 9.18. The highest BCUT2D eigenvalue weighted by Crippen LogP contribution is 2.24. The van der Waals surface area contributed by atoms with Gasteiger partial charge in [0.1, 0.15) is 11.4 Å². The van der Waals surface area contributed by atoms with Gasteiger partial charge in [0.25, 0.3) is 0 Å². The van der Waals surface area contributed by atoms with E-state index in [0.29, 0.717) is 11.0 Å². The SMILES string of the molecule is CC(C)(C)c1nsc(NC(CO)(CO)CO)n1. The number of aliphatic hydroxyl groups excluding tert-OH is 3. The van der Waals surface area contributed by atoms with Gasteiger partial charge in [-0.05, 0) is 0 Å². The molecule has 0 aliphatic heterocycles. The topological polar surface area (TPSA) is 98.5 Å². The van der Waals surface area contributed by atoms with Crippen LogP contribution in [0.3, 0.4) is 0 Å². The van der Waals surface area contributed by atoms with Gasteiger partial charge in [0.2, 0.25) is 5.13 Å². The van der Waals surface area contributed by atoms with Crippen LogP contribution in [-0.2, 0) is 5.41 Å². The highest BCUT2D eigenvalue weighted by molar-refractivity contribution is 7.09. The lowest BCUT2D eigenvalue weighted by atomic mass is 9.96. The molecule has 98 valence electrons. The normalized spacial score (nSPS) is 12.8. The van der Waals surface area contributed by atoms with Gasteiger partial charge in [0, 0.05) is 16.9 Å². The molecular weight excluding hydrogens is 242 g/mol. The molecule has 0 saturated carbocycles. The highest BCUT2D eigenvalue weighted by Gasteiger charge is 2.30. The Hall–Kier alpha value is -0.760. The van der Waals surface area contributed by atoms with Crippen LogP contribution in [0.15, 0.2) is 0 Å². The van der Waals surface area contributed by atoms with Gasteiger partial charge in [0.05, 0.1) is 19.8 Å². The fourth-order valence-corrected chi connectivity index (χ4v) is 1.95. The molecule has 0 radical (unpaired) electrons. The Balaban J connectivity index is 2.85. The van der Waals surface area contributed by atoms with E-state index in [1.165, 1.54) is 0 Å². The Morgan fingerprint density at radius 1 is 1.12 bits per heavy atom. The number of aromatic nitrogens is 2. The molecule has 0 fully saturated rings. The highest BCUT2D eigenvalue weighted by atomic mass is 32.1. The zero-order valence-electron chi connectivity index (χ0n) is 10.3. The summed E-state index contributed by atoms with van der Waals surface area (Å²) < 4.78 is 4.20. The van der Waals surface area contributed by atoms with E-state index in [1.807, 2.05) is 20.8 Å². The van der Waals surface area contributed by atoms with Crippen LogP contribution in [0.5, 0.6) is 0 Å². The van der Waals surface area contributed by atoms with Crippen LogP contribution in [0.25, 0.3) is 0 Å². The molecule has 1 heterocycles. The first-order valence-electron chi connectivity index (χ1n) is 5.32. The van der Waals surface area contributed by atoms with Gasteiger partial charge in [-0.25, -0.2) is 4.98 Å². The zero-order chi connectivity index (χ0) is 13.1. The molecule has 0 aliphatic carbocycles. The van der Waals surface area contributed by atoms with Gasteiger partial charge in [-0.15, -0.1) is 0 Å². The summed E-state index contributed by atoms with van der Waals surface area (Å²) in [5, 5.41) is 30.8. The monoisotopic (exact) mass is 261 g/mol. The van der Waals surface area contributed by atoms with Crippen LogP contribution in [0, 0.1) is 0 Å². The third kappa shape index (κ3) is 3.35. The molecule has 0 atom stereocenters. The Labute approximate surface area is 105 Å². The Bertz CT molecular complexity index is 350. The summed E-state index contributed by atoms with van der Waals surface area (Å²) in [6.45, 7) is 4.84. The fraction of sp³-hybridized carbons (Fsp3) is 0.800. The molecular formula is C10H19N3O3S. The molecule has 0 amide bonds. The first kappa shape index (κ1) is 14.3. The third-order valence-corrected chi connectivity index (χ3v) is 3.01. The number of nitrogens with one attached hydrogen (secondary N) is 1. The van der Waals surface area contributed by atoms with Crippen molar-refractivity contribution in [2.24, 2.45) is 0 Å². The van der Waals surface area contributed by atoms with Crippen LogP contribution in [0.4, 0.5) is 5.13 Å². The quantitative estimate of drug-likeness (QED) is 0.594. The Morgan fingerprint density at radius 2 is 1.65 bits per heavy atom. The predicted octanol–water partition coefficient (Wildman–Crippen LogP) is -0.0368. The summed E-state index contributed by atoms with van der Waals surface area (Å²) in [4.78, 5) is 4.27. The van der Waals surface area contributed by atoms with Gasteiger partial charge in [-0.3, -0.25) is 0 Å². The van der Waals surface area contributed by atoms with Crippen LogP contribution < -0.4 is 5.32 Å². The van der Waals surface area contributed by atoms with Crippen LogP contribution >= 0.6 is 11.5 Å². The van der Waals surface area contributed by atoms with Crippen molar-refractivity contribution < 1.29 is 15.3 Å². The summed E-state index contributed by atoms with van der Waals surface area (Å²) in [6, 6.07) is 0. The summed E-state index contributed by atoms with van der Waals surface area (Å²) in [6.07, 6.45) is 0. The molecule has 0 aromatic carbocycles. The van der Waals surface area contributed by atoms with E-state index >= 15 is 0 Å². The average Bonchev–Trinajstić information content (AvgIpc) is 2.74. The van der Waals surface area contributed by atoms with Crippen molar-refractivity contribution >= 4 is 16.7 Å². The second-order valence-corrected chi connectivity index (χ2v) is 5.80. The van der Waals surface area contributed by atoms with Crippen molar-refractivity contribution in [3.05, 3.63) is 5.82 Å². The first-order chi connectivity index (χ1) is 7.87. The lowest BCUT2D eigenvalue weighted by molar-refractivity contribution is 0.0833. The van der Waals surface area contributed by atoms with Gasteiger partial charge in [-0.1, -0.05) is 20.8 Å².